The zero-order chi connectivity index (χ0) is 18.0. The average molecular weight is 332 g/mol. The number of carbonyl (C=O) groups excluding carboxylic acids is 1. The first kappa shape index (κ1) is 17.2. The van der Waals surface area contributed by atoms with Crippen LogP contribution in [0.5, 0.6) is 0 Å². The van der Waals surface area contributed by atoms with E-state index in [9.17, 15) is 24.8 Å². The van der Waals surface area contributed by atoms with Crippen LogP contribution in [0.4, 0.5) is 5.69 Å². The molecule has 1 aromatic carbocycles. The minimum Gasteiger partial charge on any atom is -0.512 e. The Balaban J connectivity index is 3.06. The van der Waals surface area contributed by atoms with E-state index in [1.807, 2.05) is 0 Å². The first-order valence-electron chi connectivity index (χ1n) is 7.14. The highest BCUT2D eigenvalue weighted by Gasteiger charge is 2.32. The van der Waals surface area contributed by atoms with Gasteiger partial charge in [-0.3, -0.25) is 14.9 Å². The van der Waals surface area contributed by atoms with Crippen LogP contribution in [0.15, 0.2) is 34.8 Å². The van der Waals surface area contributed by atoms with Gasteiger partial charge in [-0.25, -0.2) is 4.79 Å². The molecule has 1 aromatic heterocycles. The lowest BCUT2D eigenvalue weighted by atomic mass is 9.98. The van der Waals surface area contributed by atoms with Crippen molar-refractivity contribution in [2.45, 2.75) is 13.8 Å². The number of para-hydroxylation sites is 1. The maximum atomic E-state index is 12.4. The molecule has 2 aromatic rings. The van der Waals surface area contributed by atoms with Gasteiger partial charge in [0.25, 0.3) is 0 Å². The fourth-order valence-electron chi connectivity index (χ4n) is 2.54. The van der Waals surface area contributed by atoms with E-state index in [1.165, 1.54) is 14.0 Å². The second-order valence-electron chi connectivity index (χ2n) is 5.04. The van der Waals surface area contributed by atoms with Crippen LogP contribution in [-0.2, 0) is 16.6 Å². The molecule has 24 heavy (non-hydrogen) atoms. The number of nitrogens with zero attached hydrogens (tertiary/aromatic N) is 2. The van der Waals surface area contributed by atoms with Crippen LogP contribution in [0, 0.1) is 10.1 Å². The van der Waals surface area contributed by atoms with Crippen molar-refractivity contribution < 1.29 is 19.6 Å². The van der Waals surface area contributed by atoms with Crippen molar-refractivity contribution in [2.75, 3.05) is 6.61 Å². The molecule has 0 fully saturated rings. The van der Waals surface area contributed by atoms with Crippen LogP contribution in [0.2, 0.25) is 0 Å². The number of carbonyl (C=O) groups is 1. The van der Waals surface area contributed by atoms with Gasteiger partial charge >= 0.3 is 17.2 Å². The summed E-state index contributed by atoms with van der Waals surface area (Å²) in [4.78, 5) is 35.3. The molecule has 0 aliphatic carbocycles. The van der Waals surface area contributed by atoms with E-state index in [1.54, 1.807) is 31.2 Å². The van der Waals surface area contributed by atoms with E-state index in [0.29, 0.717) is 10.9 Å². The zero-order valence-corrected chi connectivity index (χ0v) is 13.4. The molecule has 0 aliphatic heterocycles. The third-order valence-corrected chi connectivity index (χ3v) is 3.55. The highest BCUT2D eigenvalue weighted by molar-refractivity contribution is 6.22. The average Bonchev–Trinajstić information content (AvgIpc) is 2.52. The number of aryl methyl sites for hydroxylation is 1. The number of allylic oxidation sites excluding steroid dienone is 1. The molecule has 0 aliphatic rings. The Labute approximate surface area is 136 Å². The lowest BCUT2D eigenvalue weighted by molar-refractivity contribution is -0.386. The number of hydrogen-bond donors (Lipinski definition) is 1. The molecule has 8 nitrogen and oxygen atoms in total. The smallest absolute Gasteiger partial charge is 0.342 e. The third kappa shape index (κ3) is 2.73. The van der Waals surface area contributed by atoms with Gasteiger partial charge in [-0.2, -0.15) is 0 Å². The van der Waals surface area contributed by atoms with Gasteiger partial charge in [-0.05, 0) is 19.9 Å². The van der Waals surface area contributed by atoms with Crippen molar-refractivity contribution >= 4 is 28.1 Å². The molecule has 0 bridgehead atoms. The van der Waals surface area contributed by atoms with Gasteiger partial charge in [-0.1, -0.05) is 18.2 Å². The summed E-state index contributed by atoms with van der Waals surface area (Å²) in [7, 11) is 1.40. The highest BCUT2D eigenvalue weighted by Crippen LogP contribution is 2.33. The molecule has 0 saturated heterocycles. The number of benzene rings is 1. The van der Waals surface area contributed by atoms with Crippen molar-refractivity contribution in [1.29, 1.82) is 0 Å². The summed E-state index contributed by atoms with van der Waals surface area (Å²) in [6.07, 6.45) is 0. The third-order valence-electron chi connectivity index (χ3n) is 3.55. The molecular weight excluding hydrogens is 316 g/mol. The topological polar surface area (TPSA) is 112 Å². The second kappa shape index (κ2) is 6.53. The monoisotopic (exact) mass is 332 g/mol. The van der Waals surface area contributed by atoms with Gasteiger partial charge in [0.2, 0.25) is 0 Å². The van der Waals surface area contributed by atoms with Crippen LogP contribution >= 0.6 is 0 Å². The van der Waals surface area contributed by atoms with Crippen LogP contribution in [0.25, 0.3) is 16.5 Å². The van der Waals surface area contributed by atoms with E-state index in [0.717, 1.165) is 4.57 Å². The van der Waals surface area contributed by atoms with E-state index in [-0.39, 0.29) is 12.2 Å². The Morgan fingerprint density at radius 1 is 1.38 bits per heavy atom. The molecule has 0 atom stereocenters. The van der Waals surface area contributed by atoms with Crippen molar-refractivity contribution in [3.8, 4) is 0 Å². The summed E-state index contributed by atoms with van der Waals surface area (Å²) < 4.78 is 6.02. The van der Waals surface area contributed by atoms with Crippen molar-refractivity contribution in [3.63, 3.8) is 0 Å². The van der Waals surface area contributed by atoms with E-state index in [2.05, 4.69) is 0 Å². The van der Waals surface area contributed by atoms with E-state index >= 15 is 0 Å². The standard InChI is InChI=1S/C16H16N2O6/c1-4-24-16(21)12(9(2)19)13-10-7-5-6-8-11(10)17(3)15(20)14(13)18(22)23/h5-8,19H,4H2,1-3H3/b12-9-. The molecule has 1 N–H and O–H groups in total. The van der Waals surface area contributed by atoms with Gasteiger partial charge in [-0.15, -0.1) is 0 Å². The first-order chi connectivity index (χ1) is 11.3. The van der Waals surface area contributed by atoms with Gasteiger partial charge in [0, 0.05) is 12.4 Å². The quantitative estimate of drug-likeness (QED) is 0.302. The van der Waals surface area contributed by atoms with Crippen molar-refractivity contribution in [3.05, 3.63) is 56.1 Å². The van der Waals surface area contributed by atoms with Gasteiger partial charge < -0.3 is 14.4 Å². The molecule has 126 valence electrons. The molecule has 0 amide bonds. The van der Waals surface area contributed by atoms with Crippen molar-refractivity contribution in [2.24, 2.45) is 7.05 Å². The van der Waals surface area contributed by atoms with Crippen LogP contribution in [0.1, 0.15) is 19.4 Å². The molecule has 0 spiro atoms. The summed E-state index contributed by atoms with van der Waals surface area (Å²) in [5, 5.41) is 21.7. The molecule has 0 radical (unpaired) electrons. The fraction of sp³-hybridized carbons (Fsp3) is 0.250. The van der Waals surface area contributed by atoms with Crippen LogP contribution in [0.3, 0.4) is 0 Å². The lowest BCUT2D eigenvalue weighted by Gasteiger charge is -2.13. The Morgan fingerprint density at radius 2 is 2.00 bits per heavy atom. The summed E-state index contributed by atoms with van der Waals surface area (Å²) in [5.74, 6) is -1.39. The number of pyridine rings is 1. The van der Waals surface area contributed by atoms with E-state index < -0.39 is 33.5 Å². The number of rotatable bonds is 4. The van der Waals surface area contributed by atoms with Gasteiger partial charge in [0.05, 0.1) is 22.6 Å². The number of aliphatic hydroxyl groups is 1. The number of aliphatic hydroxyl groups excluding tert-OH is 1. The largest absolute Gasteiger partial charge is 0.512 e. The number of ether oxygens (including phenoxy) is 1. The minimum absolute atomic E-state index is 0.0200. The van der Waals surface area contributed by atoms with Crippen LogP contribution in [-0.4, -0.2) is 27.2 Å². The Hall–Kier alpha value is -3.16. The molecular formula is C16H16N2O6. The predicted molar refractivity (Wildman–Crippen MR) is 87.7 cm³/mol. The Bertz CT molecular complexity index is 922. The Morgan fingerprint density at radius 3 is 2.54 bits per heavy atom. The second-order valence-corrected chi connectivity index (χ2v) is 5.04. The number of aromatic nitrogens is 1. The minimum atomic E-state index is -0.931. The SMILES string of the molecule is CCOC(=O)/C(=C(/C)O)c1c([N+](=O)[O-])c(=O)n(C)c2ccccc12. The molecule has 0 saturated carbocycles. The maximum absolute atomic E-state index is 12.4. The normalized spacial score (nSPS) is 12.0. The Kier molecular flexibility index (Phi) is 4.68. The molecule has 0 unspecified atom stereocenters. The maximum Gasteiger partial charge on any atom is 0.342 e. The number of nitro groups is 1. The summed E-state index contributed by atoms with van der Waals surface area (Å²) >= 11 is 0. The summed E-state index contributed by atoms with van der Waals surface area (Å²) in [6, 6.07) is 6.42. The number of fused-ring (bicyclic) bond motifs is 1. The fourth-order valence-corrected chi connectivity index (χ4v) is 2.54. The summed E-state index contributed by atoms with van der Waals surface area (Å²) in [5.41, 5.74) is -1.90. The lowest BCUT2D eigenvalue weighted by Crippen LogP contribution is -2.24. The van der Waals surface area contributed by atoms with Crippen LogP contribution < -0.4 is 5.56 Å². The van der Waals surface area contributed by atoms with Gasteiger partial charge in [0.15, 0.2) is 0 Å². The highest BCUT2D eigenvalue weighted by atomic mass is 16.6. The van der Waals surface area contributed by atoms with Crippen molar-refractivity contribution in [1.82, 2.24) is 4.57 Å². The number of hydrogen-bond acceptors (Lipinski definition) is 6. The molecule has 8 heteroatoms. The predicted octanol–water partition coefficient (Wildman–Crippen LogP) is 2.30. The zero-order valence-electron chi connectivity index (χ0n) is 13.4. The molecule has 2 rings (SSSR count). The first-order valence-corrected chi connectivity index (χ1v) is 7.14. The number of esters is 1. The molecule has 1 heterocycles. The van der Waals surface area contributed by atoms with E-state index in [4.69, 9.17) is 4.74 Å². The van der Waals surface area contributed by atoms with Gasteiger partial charge in [0.1, 0.15) is 11.3 Å². The summed E-state index contributed by atoms with van der Waals surface area (Å²) in [6.45, 7) is 2.80.